The second kappa shape index (κ2) is 5.07. The molecule has 0 radical (unpaired) electrons. The molecule has 0 saturated heterocycles. The minimum Gasteiger partial charge on any atom is -0.298 e. The summed E-state index contributed by atoms with van der Waals surface area (Å²) in [4.78, 5) is 10.9. The van der Waals surface area contributed by atoms with E-state index in [1.54, 1.807) is 6.07 Å². The smallest absolute Gasteiger partial charge is 0.263 e. The molecule has 0 amide bonds. The van der Waals surface area contributed by atoms with Gasteiger partial charge in [-0.1, -0.05) is 15.9 Å². The van der Waals surface area contributed by atoms with E-state index in [2.05, 4.69) is 28.6 Å². The predicted octanol–water partition coefficient (Wildman–Crippen LogP) is 3.94. The highest BCUT2D eigenvalue weighted by Gasteiger charge is 2.16. The summed E-state index contributed by atoms with van der Waals surface area (Å²) in [6, 6.07) is 4.19. The third kappa shape index (κ3) is 3.28. The van der Waals surface area contributed by atoms with Crippen molar-refractivity contribution in [2.75, 3.05) is 0 Å². The molecule has 0 fully saturated rings. The van der Waals surface area contributed by atoms with Crippen molar-refractivity contribution in [3.63, 3.8) is 0 Å². The van der Waals surface area contributed by atoms with E-state index in [1.807, 2.05) is 0 Å². The Hall–Kier alpha value is -0.420. The quantitative estimate of drug-likeness (QED) is 0.660. The van der Waals surface area contributed by atoms with Crippen LogP contribution in [0.3, 0.4) is 0 Å². The monoisotopic (exact) mass is 294 g/mol. The number of hydrogen-bond donors (Lipinski definition) is 1. The highest BCUT2D eigenvalue weighted by atomic mass is 79.9. The van der Waals surface area contributed by atoms with E-state index in [0.717, 1.165) is 0 Å². The van der Waals surface area contributed by atoms with Crippen molar-refractivity contribution in [3.05, 3.63) is 29.3 Å². The lowest BCUT2D eigenvalue weighted by Crippen LogP contribution is -2.02. The van der Waals surface area contributed by atoms with Gasteiger partial charge in [0.2, 0.25) is 0 Å². The first kappa shape index (κ1) is 12.6. The van der Waals surface area contributed by atoms with E-state index < -0.39 is 11.3 Å². The van der Waals surface area contributed by atoms with Crippen LogP contribution in [-0.2, 0) is 4.79 Å². The van der Waals surface area contributed by atoms with Gasteiger partial charge < -0.3 is 0 Å². The molecular weight excluding hydrogens is 286 g/mol. The van der Waals surface area contributed by atoms with Crippen LogP contribution in [0.4, 0.5) is 8.78 Å². The zero-order valence-electron chi connectivity index (χ0n) is 7.88. The third-order valence-electron chi connectivity index (χ3n) is 1.86. The zero-order chi connectivity index (χ0) is 11.6. The van der Waals surface area contributed by atoms with Crippen molar-refractivity contribution in [2.45, 2.75) is 23.1 Å². The van der Waals surface area contributed by atoms with Gasteiger partial charge in [-0.05, 0) is 30.7 Å². The minimum absolute atomic E-state index is 0.122. The normalized spacial score (nSPS) is 12.9. The lowest BCUT2D eigenvalue weighted by Gasteiger charge is -2.09. The molecule has 15 heavy (non-hydrogen) atoms. The molecule has 0 aliphatic rings. The van der Waals surface area contributed by atoms with Gasteiger partial charge in [0, 0.05) is 10.5 Å². The fourth-order valence-corrected chi connectivity index (χ4v) is 1.73. The molecule has 82 valence electrons. The summed E-state index contributed by atoms with van der Waals surface area (Å²) < 4.78 is 24.9. The number of rotatable bonds is 3. The van der Waals surface area contributed by atoms with Crippen molar-refractivity contribution < 1.29 is 13.6 Å². The van der Waals surface area contributed by atoms with Gasteiger partial charge in [0.15, 0.2) is 0 Å². The fraction of sp³-hybridized carbons (Fsp3) is 0.300. The summed E-state index contributed by atoms with van der Waals surface area (Å²) >= 11 is 7.16. The Bertz CT molecular complexity index is 382. The molecule has 0 bridgehead atoms. The topological polar surface area (TPSA) is 17.1 Å². The molecule has 1 atom stereocenters. The summed E-state index contributed by atoms with van der Waals surface area (Å²) in [5.74, 6) is -0.130. The van der Waals surface area contributed by atoms with Gasteiger partial charge in [-0.3, -0.25) is 4.79 Å². The second-order valence-electron chi connectivity index (χ2n) is 3.13. The lowest BCUT2D eigenvalue weighted by molar-refractivity contribution is -0.116. The summed E-state index contributed by atoms with van der Waals surface area (Å²) in [7, 11) is 0. The Kier molecular flexibility index (Phi) is 4.28. The molecule has 5 heteroatoms. The van der Waals surface area contributed by atoms with E-state index in [-0.39, 0.29) is 11.3 Å². The highest BCUT2D eigenvalue weighted by molar-refractivity contribution is 9.09. The standard InChI is InChI=1S/C10H9BrF2OS/c1-5(14)9(11)6-2-7(10(12)13)4-8(15)3-6/h2-4,9-10,15H,1H3. The van der Waals surface area contributed by atoms with E-state index in [1.165, 1.54) is 19.1 Å². The number of carbonyl (C=O) groups excluding carboxylic acids is 1. The molecule has 0 N–H and O–H groups in total. The lowest BCUT2D eigenvalue weighted by atomic mass is 10.1. The van der Waals surface area contributed by atoms with Gasteiger partial charge >= 0.3 is 0 Å². The summed E-state index contributed by atoms with van der Waals surface area (Å²) in [6.07, 6.45) is -2.55. The number of carbonyl (C=O) groups is 1. The first-order valence-electron chi connectivity index (χ1n) is 4.18. The van der Waals surface area contributed by atoms with Crippen molar-refractivity contribution in [2.24, 2.45) is 0 Å². The molecule has 0 heterocycles. The molecule has 1 aromatic carbocycles. The van der Waals surface area contributed by atoms with E-state index in [0.29, 0.717) is 10.5 Å². The van der Waals surface area contributed by atoms with Gasteiger partial charge in [0.1, 0.15) is 5.78 Å². The molecular formula is C10H9BrF2OS. The van der Waals surface area contributed by atoms with Crippen LogP contribution in [0.25, 0.3) is 0 Å². The molecule has 1 rings (SSSR count). The molecule has 1 aromatic rings. The molecule has 0 saturated carbocycles. The van der Waals surface area contributed by atoms with Crippen molar-refractivity contribution in [3.8, 4) is 0 Å². The van der Waals surface area contributed by atoms with Crippen LogP contribution < -0.4 is 0 Å². The number of Topliss-reactive ketones (excluding diaryl/α,β-unsaturated/α-hetero) is 1. The van der Waals surface area contributed by atoms with Crippen LogP contribution in [0.1, 0.15) is 29.3 Å². The van der Waals surface area contributed by atoms with Crippen LogP contribution in [0.2, 0.25) is 0 Å². The maximum Gasteiger partial charge on any atom is 0.263 e. The fourth-order valence-electron chi connectivity index (χ4n) is 1.17. The summed E-state index contributed by atoms with van der Waals surface area (Å²) in [5, 5.41) is 0. The SMILES string of the molecule is CC(=O)C(Br)c1cc(S)cc(C(F)F)c1. The molecule has 0 aliphatic carbocycles. The molecule has 0 aliphatic heterocycles. The number of ketones is 1. The number of benzene rings is 1. The highest BCUT2D eigenvalue weighted by Crippen LogP contribution is 2.30. The summed E-state index contributed by atoms with van der Waals surface area (Å²) in [5.41, 5.74) is 0.383. The van der Waals surface area contributed by atoms with Crippen LogP contribution in [0.15, 0.2) is 23.1 Å². The van der Waals surface area contributed by atoms with Gasteiger partial charge in [-0.2, -0.15) is 0 Å². The predicted molar refractivity (Wildman–Crippen MR) is 61.0 cm³/mol. The Labute approximate surface area is 100 Å². The Morgan fingerprint density at radius 2 is 1.87 bits per heavy atom. The van der Waals surface area contributed by atoms with E-state index in [4.69, 9.17) is 0 Å². The maximum atomic E-state index is 12.5. The van der Waals surface area contributed by atoms with Crippen molar-refractivity contribution in [1.82, 2.24) is 0 Å². The molecule has 1 unspecified atom stereocenters. The number of hydrogen-bond acceptors (Lipinski definition) is 2. The van der Waals surface area contributed by atoms with Gasteiger partial charge in [0.25, 0.3) is 6.43 Å². The van der Waals surface area contributed by atoms with E-state index in [9.17, 15) is 13.6 Å². The van der Waals surface area contributed by atoms with Crippen molar-refractivity contribution >= 4 is 34.3 Å². The number of halogens is 3. The van der Waals surface area contributed by atoms with Crippen LogP contribution >= 0.6 is 28.6 Å². The number of thiol groups is 1. The zero-order valence-corrected chi connectivity index (χ0v) is 10.4. The van der Waals surface area contributed by atoms with Gasteiger partial charge in [0.05, 0.1) is 4.83 Å². The Morgan fingerprint density at radius 1 is 1.33 bits per heavy atom. The average Bonchev–Trinajstić information content (AvgIpc) is 2.15. The number of alkyl halides is 3. The van der Waals surface area contributed by atoms with Crippen LogP contribution in [0.5, 0.6) is 0 Å². The average molecular weight is 295 g/mol. The Morgan fingerprint density at radius 3 is 2.33 bits per heavy atom. The maximum absolute atomic E-state index is 12.5. The molecule has 0 spiro atoms. The minimum atomic E-state index is -2.55. The Balaban J connectivity index is 3.14. The molecule has 0 aromatic heterocycles. The second-order valence-corrected chi connectivity index (χ2v) is 4.56. The van der Waals surface area contributed by atoms with Crippen LogP contribution in [0, 0.1) is 0 Å². The first-order chi connectivity index (χ1) is 6.91. The van der Waals surface area contributed by atoms with Gasteiger partial charge in [-0.25, -0.2) is 8.78 Å². The van der Waals surface area contributed by atoms with Gasteiger partial charge in [-0.15, -0.1) is 12.6 Å². The van der Waals surface area contributed by atoms with Crippen LogP contribution in [-0.4, -0.2) is 5.78 Å². The summed E-state index contributed by atoms with van der Waals surface area (Å²) in [6.45, 7) is 1.40. The third-order valence-corrected chi connectivity index (χ3v) is 3.30. The van der Waals surface area contributed by atoms with E-state index >= 15 is 0 Å². The molecule has 1 nitrogen and oxygen atoms in total. The largest absolute Gasteiger partial charge is 0.298 e. The first-order valence-corrected chi connectivity index (χ1v) is 5.54. The van der Waals surface area contributed by atoms with Crippen molar-refractivity contribution in [1.29, 1.82) is 0 Å².